The molecule has 0 amide bonds. The van der Waals surface area contributed by atoms with Crippen LogP contribution in [0.2, 0.25) is 39.3 Å². The van der Waals surface area contributed by atoms with E-state index < -0.39 is 16.5 Å². The van der Waals surface area contributed by atoms with Crippen molar-refractivity contribution < 1.29 is 4.79 Å². The topological polar surface area (TPSA) is 20.3 Å². The third-order valence-corrected chi connectivity index (χ3v) is 12.6. The minimum atomic E-state index is -1.42. The molecule has 1 aromatic rings. The first kappa shape index (κ1) is 19.7. The van der Waals surface area contributed by atoms with E-state index in [-0.39, 0.29) is 5.12 Å². The maximum absolute atomic E-state index is 12.1. The van der Waals surface area contributed by atoms with Gasteiger partial charge in [0, 0.05) is 11.6 Å². The summed E-state index contributed by atoms with van der Waals surface area (Å²) in [4.78, 5) is 12.1. The minimum absolute atomic E-state index is 0.0557. The lowest BCUT2D eigenvalue weighted by Gasteiger charge is -2.50. The summed E-state index contributed by atoms with van der Waals surface area (Å²) >= 11 is 4.15. The average molecular weight is 378 g/mol. The van der Waals surface area contributed by atoms with Crippen LogP contribution in [0.15, 0.2) is 35.9 Å². The lowest BCUT2D eigenvalue weighted by molar-refractivity contribution is -0.107. The number of hydrogen-bond acceptors (Lipinski definition) is 2. The van der Waals surface area contributed by atoms with E-state index in [0.29, 0.717) is 6.04 Å². The predicted octanol–water partition coefficient (Wildman–Crippen LogP) is 5.42. The van der Waals surface area contributed by atoms with Gasteiger partial charge in [-0.05, 0) is 30.4 Å². The first-order valence-electron chi connectivity index (χ1n) is 8.82. The highest BCUT2D eigenvalue weighted by atomic mass is 32.1. The van der Waals surface area contributed by atoms with Crippen LogP contribution in [0.25, 0.3) is 5.57 Å². The molecule has 1 aliphatic rings. The number of carbonyl (C=O) groups excluding carboxylic acids is 1. The van der Waals surface area contributed by atoms with Crippen molar-refractivity contribution in [2.24, 2.45) is 0 Å². The third kappa shape index (κ3) is 4.51. The molecule has 0 bridgehead atoms. The van der Waals surface area contributed by atoms with Crippen LogP contribution in [0.4, 0.5) is 0 Å². The molecule has 1 atom stereocenters. The molecule has 5 heteroatoms. The number of rotatable bonds is 5. The van der Waals surface area contributed by atoms with Gasteiger partial charge in [-0.15, -0.1) is 12.6 Å². The molecule has 0 heterocycles. The molecule has 0 aliphatic heterocycles. The molecule has 1 aliphatic carbocycles. The van der Waals surface area contributed by atoms with Crippen LogP contribution in [0.1, 0.15) is 24.8 Å². The summed E-state index contributed by atoms with van der Waals surface area (Å²) in [5, 5.41) is -0.0557. The van der Waals surface area contributed by atoms with Crippen LogP contribution in [-0.4, -0.2) is 31.9 Å². The average Bonchev–Trinajstić information content (AvgIpc) is 2.45. The summed E-state index contributed by atoms with van der Waals surface area (Å²) in [7, 11) is -2.84. The molecule has 0 fully saturated rings. The zero-order chi connectivity index (χ0) is 18.1. The zero-order valence-electron chi connectivity index (χ0n) is 15.9. The van der Waals surface area contributed by atoms with E-state index in [1.54, 1.807) is 0 Å². The van der Waals surface area contributed by atoms with Crippen LogP contribution in [0.5, 0.6) is 0 Å². The summed E-state index contributed by atoms with van der Waals surface area (Å²) < 4.78 is 2.89. The van der Waals surface area contributed by atoms with Crippen molar-refractivity contribution >= 4 is 39.8 Å². The van der Waals surface area contributed by atoms with Gasteiger partial charge in [-0.25, -0.2) is 0 Å². The Balaban J connectivity index is 2.44. The number of hydrogen-bond donors (Lipinski definition) is 1. The van der Waals surface area contributed by atoms with E-state index in [1.807, 2.05) is 6.07 Å². The molecule has 0 N–H and O–H groups in total. The van der Waals surface area contributed by atoms with Crippen LogP contribution >= 0.6 is 12.6 Å². The zero-order valence-corrected chi connectivity index (χ0v) is 18.8. The first-order valence-corrected chi connectivity index (χ1v) is 16.2. The fraction of sp³-hybridized carbons (Fsp3) is 0.526. The van der Waals surface area contributed by atoms with Crippen molar-refractivity contribution in [1.29, 1.82) is 0 Å². The number of nitrogens with zero attached hydrogens (tertiary/aromatic N) is 1. The van der Waals surface area contributed by atoms with Crippen LogP contribution < -0.4 is 0 Å². The number of thiol groups is 1. The SMILES string of the molecule is C[Si](C)(C)N(C1CCC(C(=O)S)=C(c2ccccc2)C1)[Si](C)(C)C. The van der Waals surface area contributed by atoms with Crippen molar-refractivity contribution in [2.75, 3.05) is 0 Å². The Kier molecular flexibility index (Phi) is 6.01. The molecule has 0 saturated heterocycles. The lowest BCUT2D eigenvalue weighted by Crippen LogP contribution is -2.63. The second kappa shape index (κ2) is 7.32. The van der Waals surface area contributed by atoms with Gasteiger partial charge in [-0.3, -0.25) is 4.79 Å². The molecule has 24 heavy (non-hydrogen) atoms. The molecule has 0 radical (unpaired) electrons. The molecule has 1 unspecified atom stereocenters. The Morgan fingerprint density at radius 3 is 2.04 bits per heavy atom. The second-order valence-corrected chi connectivity index (χ2v) is 19.2. The molecule has 2 nitrogen and oxygen atoms in total. The van der Waals surface area contributed by atoms with E-state index in [0.717, 1.165) is 24.8 Å². The van der Waals surface area contributed by atoms with Crippen LogP contribution in [-0.2, 0) is 4.79 Å². The van der Waals surface area contributed by atoms with Crippen molar-refractivity contribution in [3.63, 3.8) is 0 Å². The van der Waals surface area contributed by atoms with E-state index in [1.165, 1.54) is 11.1 Å². The van der Waals surface area contributed by atoms with Crippen molar-refractivity contribution in [1.82, 2.24) is 4.23 Å². The van der Waals surface area contributed by atoms with Crippen molar-refractivity contribution in [3.05, 3.63) is 41.5 Å². The van der Waals surface area contributed by atoms with Gasteiger partial charge in [0.2, 0.25) is 5.12 Å². The third-order valence-electron chi connectivity index (χ3n) is 4.72. The van der Waals surface area contributed by atoms with Gasteiger partial charge < -0.3 is 4.23 Å². The minimum Gasteiger partial charge on any atom is -0.343 e. The van der Waals surface area contributed by atoms with Gasteiger partial charge in [0.15, 0.2) is 0 Å². The molecule has 132 valence electrons. The number of carbonyl (C=O) groups is 1. The molecular weight excluding hydrogens is 346 g/mol. The van der Waals surface area contributed by atoms with Crippen LogP contribution in [0.3, 0.4) is 0 Å². The largest absolute Gasteiger partial charge is 0.343 e. The Hall–Kier alpha value is -0.626. The highest BCUT2D eigenvalue weighted by Crippen LogP contribution is 2.38. The Morgan fingerprint density at radius 1 is 1.04 bits per heavy atom. The summed E-state index contributed by atoms with van der Waals surface area (Å²) in [6.07, 6.45) is 2.90. The van der Waals surface area contributed by atoms with Crippen molar-refractivity contribution in [3.8, 4) is 0 Å². The van der Waals surface area contributed by atoms with Crippen LogP contribution in [0, 0.1) is 0 Å². The van der Waals surface area contributed by atoms with Gasteiger partial charge in [0.1, 0.15) is 16.5 Å². The second-order valence-electron chi connectivity index (χ2n) is 8.74. The van der Waals surface area contributed by atoms with Gasteiger partial charge >= 0.3 is 0 Å². The van der Waals surface area contributed by atoms with Gasteiger partial charge in [0.25, 0.3) is 0 Å². The summed E-state index contributed by atoms with van der Waals surface area (Å²) in [5.74, 6) is 0. The van der Waals surface area contributed by atoms with E-state index in [2.05, 4.69) is 80.4 Å². The number of benzene rings is 1. The Labute approximate surface area is 154 Å². The Bertz CT molecular complexity index is 615. The first-order chi connectivity index (χ1) is 11.0. The fourth-order valence-electron chi connectivity index (χ4n) is 4.41. The van der Waals surface area contributed by atoms with Crippen molar-refractivity contribution in [2.45, 2.75) is 64.6 Å². The molecule has 2 rings (SSSR count). The van der Waals surface area contributed by atoms with E-state index in [9.17, 15) is 4.79 Å². The lowest BCUT2D eigenvalue weighted by atomic mass is 9.85. The standard InChI is InChI=1S/C19H31NOSSi2/c1-23(2,3)20(24(4,5)6)16-12-13-17(19(21)22)18(14-16)15-10-8-7-9-11-15/h7-11,16H,12-14H2,1-6H3,(H,21,22). The molecule has 0 aromatic heterocycles. The van der Waals surface area contributed by atoms with E-state index >= 15 is 0 Å². The van der Waals surface area contributed by atoms with Gasteiger partial charge in [0.05, 0.1) is 0 Å². The summed E-state index contributed by atoms with van der Waals surface area (Å²) in [5.41, 5.74) is 3.32. The fourth-order valence-corrected chi connectivity index (χ4v) is 15.3. The molecule has 1 aromatic carbocycles. The maximum Gasteiger partial charge on any atom is 0.212 e. The normalized spacial score (nSPS) is 19.8. The predicted molar refractivity (Wildman–Crippen MR) is 114 cm³/mol. The Morgan fingerprint density at radius 2 is 1.58 bits per heavy atom. The molecular formula is C19H31NOSSi2. The van der Waals surface area contributed by atoms with Gasteiger partial charge in [-0.1, -0.05) is 69.6 Å². The summed E-state index contributed by atoms with van der Waals surface area (Å²) in [6, 6.07) is 10.9. The summed E-state index contributed by atoms with van der Waals surface area (Å²) in [6.45, 7) is 14.7. The molecule has 0 spiro atoms. The maximum atomic E-state index is 12.1. The highest BCUT2D eigenvalue weighted by Gasteiger charge is 2.41. The van der Waals surface area contributed by atoms with E-state index in [4.69, 9.17) is 0 Å². The monoisotopic (exact) mass is 377 g/mol. The quantitative estimate of drug-likeness (QED) is 0.546. The smallest absolute Gasteiger partial charge is 0.212 e. The van der Waals surface area contributed by atoms with Gasteiger partial charge in [-0.2, -0.15) is 0 Å². The highest BCUT2D eigenvalue weighted by molar-refractivity contribution is 7.97. The molecule has 0 saturated carbocycles.